The molecule has 0 aromatic carbocycles. The SMILES string of the molecule is CN(C)N.[H+].[H+]. The minimum Gasteiger partial charge on any atom is -0.269 e. The normalized spacial score (nSPS) is 9.00. The summed E-state index contributed by atoms with van der Waals surface area (Å²) in [4.78, 5) is 0. The van der Waals surface area contributed by atoms with Gasteiger partial charge in [-0.05, 0) is 0 Å². The number of hydrogen-bond donors (Lipinski definition) is 1. The smallest absolute Gasteiger partial charge is 0.269 e. The molecule has 0 saturated carbocycles. The van der Waals surface area contributed by atoms with E-state index in [1.807, 2.05) is 0 Å². The van der Waals surface area contributed by atoms with E-state index in [1.165, 1.54) is 5.01 Å². The second-order valence-electron chi connectivity index (χ2n) is 0.964. The first-order valence-electron chi connectivity index (χ1n) is 1.15. The van der Waals surface area contributed by atoms with Gasteiger partial charge in [-0.25, -0.2) is 0 Å². The van der Waals surface area contributed by atoms with Gasteiger partial charge in [0.05, 0.1) is 0 Å². The van der Waals surface area contributed by atoms with E-state index in [-0.39, 0.29) is 2.85 Å². The van der Waals surface area contributed by atoms with Crippen molar-refractivity contribution in [2.24, 2.45) is 5.84 Å². The van der Waals surface area contributed by atoms with Crippen molar-refractivity contribution in [1.29, 1.82) is 0 Å². The number of rotatable bonds is 0. The summed E-state index contributed by atoms with van der Waals surface area (Å²) in [5, 5.41) is 1.50. The molecule has 0 aromatic heterocycles. The summed E-state index contributed by atoms with van der Waals surface area (Å²) in [6, 6.07) is 0. The third-order valence-electron chi connectivity index (χ3n) is 0. The number of nitrogens with two attached hydrogens (primary N) is 1. The Labute approximate surface area is 29.1 Å². The highest BCUT2D eigenvalue weighted by Gasteiger charge is 1.57. The van der Waals surface area contributed by atoms with E-state index in [2.05, 4.69) is 0 Å². The summed E-state index contributed by atoms with van der Waals surface area (Å²) in [6.07, 6.45) is 0. The number of hydrogen-bond acceptors (Lipinski definition) is 2. The van der Waals surface area contributed by atoms with Crippen LogP contribution in [0.2, 0.25) is 0 Å². The summed E-state index contributed by atoms with van der Waals surface area (Å²) in [5.41, 5.74) is 0. The lowest BCUT2D eigenvalue weighted by Crippen LogP contribution is -2.18. The van der Waals surface area contributed by atoms with Crippen LogP contribution in [0.3, 0.4) is 0 Å². The molecular weight excluding hydrogens is 52.0 g/mol. The van der Waals surface area contributed by atoms with Crippen molar-refractivity contribution in [2.45, 2.75) is 0 Å². The Kier molecular flexibility index (Phi) is 1.24. The largest absolute Gasteiger partial charge is 1.00 e. The van der Waals surface area contributed by atoms with Gasteiger partial charge in [0.2, 0.25) is 0 Å². The van der Waals surface area contributed by atoms with Gasteiger partial charge in [-0.3, -0.25) is 10.9 Å². The van der Waals surface area contributed by atoms with Gasteiger partial charge in [-0.2, -0.15) is 0 Å². The second-order valence-corrected chi connectivity index (χ2v) is 0.964. The molecule has 2 nitrogen and oxygen atoms in total. The fourth-order valence-electron chi connectivity index (χ4n) is 0. The third kappa shape index (κ3) is 254. The van der Waals surface area contributed by atoms with Crippen LogP contribution in [0, 0.1) is 0 Å². The first-order valence-corrected chi connectivity index (χ1v) is 1.15. The molecule has 2 heteroatoms. The van der Waals surface area contributed by atoms with E-state index in [1.54, 1.807) is 14.1 Å². The van der Waals surface area contributed by atoms with Crippen LogP contribution in [0.4, 0.5) is 0 Å². The summed E-state index contributed by atoms with van der Waals surface area (Å²) in [7, 11) is 3.56. The average molecular weight is 62.1 g/mol. The molecule has 0 fully saturated rings. The highest BCUT2D eigenvalue weighted by molar-refractivity contribution is 4.01. The fourth-order valence-corrected chi connectivity index (χ4v) is 0. The van der Waals surface area contributed by atoms with Crippen LogP contribution in [0.25, 0.3) is 0 Å². The third-order valence-corrected chi connectivity index (χ3v) is 0. The summed E-state index contributed by atoms with van der Waals surface area (Å²) < 4.78 is 0. The minimum atomic E-state index is 0. The van der Waals surface area contributed by atoms with Gasteiger partial charge in [0.25, 0.3) is 0 Å². The molecule has 26 valence electrons. The van der Waals surface area contributed by atoms with Crippen molar-refractivity contribution >= 4 is 0 Å². The van der Waals surface area contributed by atoms with E-state index in [4.69, 9.17) is 5.84 Å². The van der Waals surface area contributed by atoms with E-state index >= 15 is 0 Å². The highest BCUT2D eigenvalue weighted by Crippen LogP contribution is 1.37. The molecule has 0 aromatic rings. The lowest BCUT2D eigenvalue weighted by Gasteiger charge is -1.91. The van der Waals surface area contributed by atoms with Crippen molar-refractivity contribution < 1.29 is 2.85 Å². The van der Waals surface area contributed by atoms with Gasteiger partial charge in [-0.15, -0.1) is 0 Å². The molecule has 0 aliphatic rings. The first kappa shape index (κ1) is 3.92. The molecule has 0 spiro atoms. The zero-order valence-electron chi connectivity index (χ0n) is 5.02. The van der Waals surface area contributed by atoms with Crippen molar-refractivity contribution in [2.75, 3.05) is 14.1 Å². The predicted octanol–water partition coefficient (Wildman–Crippen LogP) is -0.353. The number of nitrogens with zero attached hydrogens (tertiary/aromatic N) is 1. The van der Waals surface area contributed by atoms with Gasteiger partial charge in [-0.1, -0.05) is 0 Å². The van der Waals surface area contributed by atoms with E-state index in [0.717, 1.165) is 0 Å². The Morgan fingerprint density at radius 3 is 1.75 bits per heavy atom. The van der Waals surface area contributed by atoms with Gasteiger partial charge in [0.15, 0.2) is 0 Å². The standard InChI is InChI=1S/C2H8N2/c1-4(2)3/h3H2,1-2H3/p+2. The molecule has 0 aliphatic carbocycles. The average Bonchev–Trinajstić information content (AvgIpc) is 0.811. The van der Waals surface area contributed by atoms with Crippen molar-refractivity contribution in [3.63, 3.8) is 0 Å². The summed E-state index contributed by atoms with van der Waals surface area (Å²) >= 11 is 0. The lowest BCUT2D eigenvalue weighted by atomic mass is 11.2. The molecule has 2 N–H and O–H groups in total. The summed E-state index contributed by atoms with van der Waals surface area (Å²) in [5.74, 6) is 4.94. The Hall–Kier alpha value is -0.0800. The minimum absolute atomic E-state index is 0. The molecular formula is C2H10N2+2. The topological polar surface area (TPSA) is 29.3 Å². The van der Waals surface area contributed by atoms with E-state index < -0.39 is 0 Å². The summed E-state index contributed by atoms with van der Waals surface area (Å²) in [6.45, 7) is 0. The maximum atomic E-state index is 4.94. The molecule has 0 atom stereocenters. The van der Waals surface area contributed by atoms with E-state index in [9.17, 15) is 0 Å². The molecule has 0 bridgehead atoms. The van der Waals surface area contributed by atoms with Crippen LogP contribution in [-0.4, -0.2) is 19.1 Å². The predicted molar refractivity (Wildman–Crippen MR) is 20.1 cm³/mol. The van der Waals surface area contributed by atoms with Crippen LogP contribution in [0.1, 0.15) is 2.85 Å². The fraction of sp³-hybridized carbons (Fsp3) is 1.00. The van der Waals surface area contributed by atoms with Gasteiger partial charge in [0, 0.05) is 14.1 Å². The molecule has 4 heavy (non-hydrogen) atoms. The molecule has 0 aliphatic heterocycles. The Morgan fingerprint density at radius 2 is 1.75 bits per heavy atom. The van der Waals surface area contributed by atoms with E-state index in [0.29, 0.717) is 0 Å². The molecule has 0 rings (SSSR count). The van der Waals surface area contributed by atoms with Crippen LogP contribution in [0.15, 0.2) is 0 Å². The molecule has 0 amide bonds. The molecule has 0 radical (unpaired) electrons. The maximum absolute atomic E-state index is 4.94. The van der Waals surface area contributed by atoms with Crippen LogP contribution >= 0.6 is 0 Å². The monoisotopic (exact) mass is 62.1 g/mol. The Balaban J connectivity index is -0.0000000450. The van der Waals surface area contributed by atoms with Crippen molar-refractivity contribution in [3.8, 4) is 0 Å². The van der Waals surface area contributed by atoms with Crippen molar-refractivity contribution in [3.05, 3.63) is 0 Å². The number of hydrazine groups is 1. The maximum Gasteiger partial charge on any atom is 1.00 e. The zero-order valence-corrected chi connectivity index (χ0v) is 3.02. The van der Waals surface area contributed by atoms with Gasteiger partial charge >= 0.3 is 2.85 Å². The van der Waals surface area contributed by atoms with Crippen LogP contribution in [-0.2, 0) is 0 Å². The molecule has 0 saturated heterocycles. The van der Waals surface area contributed by atoms with Gasteiger partial charge < -0.3 is 0 Å². The first-order chi connectivity index (χ1) is 1.73. The Morgan fingerprint density at radius 1 is 1.75 bits per heavy atom. The highest BCUT2D eigenvalue weighted by atomic mass is 15.4. The van der Waals surface area contributed by atoms with Gasteiger partial charge in [0.1, 0.15) is 0 Å². The zero-order chi connectivity index (χ0) is 3.58. The molecule has 0 unspecified atom stereocenters. The van der Waals surface area contributed by atoms with Crippen molar-refractivity contribution in [1.82, 2.24) is 5.01 Å². The quantitative estimate of drug-likeness (QED) is 0.307. The van der Waals surface area contributed by atoms with Crippen LogP contribution in [0.5, 0.6) is 0 Å². The Bertz CT molecular complexity index is 14.3. The second kappa shape index (κ2) is 1.26. The molecule has 0 heterocycles. The lowest BCUT2D eigenvalue weighted by molar-refractivity contribution is 0.432. The van der Waals surface area contributed by atoms with Crippen LogP contribution < -0.4 is 5.84 Å².